The number of benzene rings is 1. The first-order valence-electron chi connectivity index (χ1n) is 5.44. The summed E-state index contributed by atoms with van der Waals surface area (Å²) in [5, 5.41) is 3.97. The highest BCUT2D eigenvalue weighted by Crippen LogP contribution is 2.19. The number of rotatable bonds is 3. The number of fused-ring (bicyclic) bond motifs is 1. The number of halogens is 2. The molecular weight excluding hydrogens is 426 g/mol. The molecule has 2 rings (SSSR count). The van der Waals surface area contributed by atoms with Crippen molar-refractivity contribution in [1.82, 2.24) is 0 Å². The van der Waals surface area contributed by atoms with Crippen LogP contribution in [0.25, 0.3) is 11.0 Å². The first kappa shape index (κ1) is 17.7. The largest absolute Gasteiger partial charge is 0.422 e. The summed E-state index contributed by atoms with van der Waals surface area (Å²) < 4.78 is 5.93. The maximum Gasteiger partial charge on any atom is 0.347 e. The molecule has 0 bridgehead atoms. The Morgan fingerprint density at radius 1 is 1.38 bits per heavy atom. The van der Waals surface area contributed by atoms with Gasteiger partial charge in [0.15, 0.2) is 11.0 Å². The zero-order valence-electron chi connectivity index (χ0n) is 10.5. The highest BCUT2D eigenvalue weighted by molar-refractivity contribution is 9.10. The average Bonchev–Trinajstić information content (AvgIpc) is 2.44. The second-order valence-electron chi connectivity index (χ2n) is 3.81. The van der Waals surface area contributed by atoms with Crippen LogP contribution in [0.1, 0.15) is 10.4 Å². The quantitative estimate of drug-likeness (QED) is 0.190. The maximum atomic E-state index is 12.0. The van der Waals surface area contributed by atoms with Crippen LogP contribution in [0.2, 0.25) is 0 Å². The van der Waals surface area contributed by atoms with E-state index in [0.29, 0.717) is 11.0 Å². The minimum absolute atomic E-state index is 0. The van der Waals surface area contributed by atoms with Crippen molar-refractivity contribution in [2.75, 3.05) is 5.75 Å². The number of carbonyl (C=O) groups is 1. The molecule has 1 aromatic heterocycles. The third kappa shape index (κ3) is 4.32. The topological polar surface area (TPSA) is 112 Å². The lowest BCUT2D eigenvalue weighted by Gasteiger charge is -2.02. The molecule has 0 saturated carbocycles. The SMILES string of the molecule is Br.N/N=C(\N)SCC(=O)c1cc2cc(Br)ccc2oc1=O. The predicted molar refractivity (Wildman–Crippen MR) is 93.1 cm³/mol. The van der Waals surface area contributed by atoms with Gasteiger partial charge >= 0.3 is 5.63 Å². The number of amidine groups is 1. The first-order valence-corrected chi connectivity index (χ1v) is 7.22. The molecule has 21 heavy (non-hydrogen) atoms. The van der Waals surface area contributed by atoms with Gasteiger partial charge in [-0.15, -0.1) is 17.0 Å². The molecule has 1 aromatic carbocycles. The Balaban J connectivity index is 0.00000220. The number of nitrogens with zero attached hydrogens (tertiary/aromatic N) is 1. The van der Waals surface area contributed by atoms with Gasteiger partial charge in [0.1, 0.15) is 11.1 Å². The Labute approximate surface area is 142 Å². The van der Waals surface area contributed by atoms with Gasteiger partial charge in [0.25, 0.3) is 0 Å². The number of ketones is 1. The number of hydrogen-bond donors (Lipinski definition) is 2. The molecule has 0 aliphatic heterocycles. The number of thioether (sulfide) groups is 1. The first-order chi connectivity index (χ1) is 9.51. The van der Waals surface area contributed by atoms with Crippen molar-refractivity contribution in [2.24, 2.45) is 16.7 Å². The van der Waals surface area contributed by atoms with Gasteiger partial charge in [-0.3, -0.25) is 4.79 Å². The molecule has 2 aromatic rings. The molecule has 0 unspecified atom stereocenters. The van der Waals surface area contributed by atoms with E-state index < -0.39 is 11.4 Å². The summed E-state index contributed by atoms with van der Waals surface area (Å²) in [4.78, 5) is 23.7. The van der Waals surface area contributed by atoms with E-state index in [0.717, 1.165) is 16.2 Å². The zero-order chi connectivity index (χ0) is 14.7. The molecule has 112 valence electrons. The number of hydrogen-bond acceptors (Lipinski definition) is 6. The van der Waals surface area contributed by atoms with Gasteiger partial charge in [-0.2, -0.15) is 5.10 Å². The Kier molecular flexibility index (Phi) is 6.43. The Hall–Kier alpha value is -1.32. The molecule has 6 nitrogen and oxygen atoms in total. The standard InChI is InChI=1S/C12H10BrN3O3S.BrH/c13-7-1-2-10-6(3-7)4-8(11(18)19-10)9(17)5-20-12(14)16-15;/h1-4H,5,15H2,(H2,14,16);1H. The fourth-order valence-corrected chi connectivity index (χ4v) is 2.43. The van der Waals surface area contributed by atoms with Gasteiger partial charge in [0.2, 0.25) is 0 Å². The van der Waals surface area contributed by atoms with Crippen LogP contribution in [0.3, 0.4) is 0 Å². The molecule has 4 N–H and O–H groups in total. The summed E-state index contributed by atoms with van der Waals surface area (Å²) in [5.74, 6) is 4.54. The third-order valence-corrected chi connectivity index (χ3v) is 3.77. The summed E-state index contributed by atoms with van der Waals surface area (Å²) in [5.41, 5.74) is 5.10. The van der Waals surface area contributed by atoms with Crippen molar-refractivity contribution in [1.29, 1.82) is 0 Å². The minimum atomic E-state index is -0.673. The average molecular weight is 437 g/mol. The van der Waals surface area contributed by atoms with Crippen LogP contribution in [0.4, 0.5) is 0 Å². The van der Waals surface area contributed by atoms with Crippen LogP contribution >= 0.6 is 44.7 Å². The molecule has 0 radical (unpaired) electrons. The van der Waals surface area contributed by atoms with Crippen molar-refractivity contribution < 1.29 is 9.21 Å². The highest BCUT2D eigenvalue weighted by Gasteiger charge is 2.14. The van der Waals surface area contributed by atoms with E-state index in [2.05, 4.69) is 21.0 Å². The molecule has 9 heteroatoms. The minimum Gasteiger partial charge on any atom is -0.422 e. The van der Waals surface area contributed by atoms with E-state index in [1.807, 2.05) is 0 Å². The molecule has 0 fully saturated rings. The molecule has 0 atom stereocenters. The second kappa shape index (κ2) is 7.62. The van der Waals surface area contributed by atoms with E-state index in [1.165, 1.54) is 6.07 Å². The summed E-state index contributed by atoms with van der Waals surface area (Å²) in [7, 11) is 0. The lowest BCUT2D eigenvalue weighted by Crippen LogP contribution is -2.18. The van der Waals surface area contributed by atoms with Crippen molar-refractivity contribution in [3.63, 3.8) is 0 Å². The van der Waals surface area contributed by atoms with E-state index in [-0.39, 0.29) is 33.5 Å². The van der Waals surface area contributed by atoms with E-state index in [9.17, 15) is 9.59 Å². The highest BCUT2D eigenvalue weighted by atomic mass is 79.9. The summed E-state index contributed by atoms with van der Waals surface area (Å²) >= 11 is 4.28. The zero-order valence-corrected chi connectivity index (χ0v) is 14.7. The van der Waals surface area contributed by atoms with Gasteiger partial charge < -0.3 is 16.0 Å². The van der Waals surface area contributed by atoms with Crippen molar-refractivity contribution >= 4 is 66.6 Å². The van der Waals surface area contributed by atoms with Crippen molar-refractivity contribution in [3.8, 4) is 0 Å². The van der Waals surface area contributed by atoms with Crippen LogP contribution in [0.15, 0.2) is 43.1 Å². The number of nitrogens with two attached hydrogens (primary N) is 2. The molecule has 0 aliphatic rings. The van der Waals surface area contributed by atoms with E-state index in [1.54, 1.807) is 18.2 Å². The fraction of sp³-hybridized carbons (Fsp3) is 0.0833. The summed E-state index contributed by atoms with van der Waals surface area (Å²) in [6.45, 7) is 0. The lowest BCUT2D eigenvalue weighted by molar-refractivity contribution is 0.101. The van der Waals surface area contributed by atoms with E-state index in [4.69, 9.17) is 16.0 Å². The maximum absolute atomic E-state index is 12.0. The van der Waals surface area contributed by atoms with E-state index >= 15 is 0 Å². The molecule has 0 aliphatic carbocycles. The van der Waals surface area contributed by atoms with Gasteiger partial charge in [-0.05, 0) is 24.3 Å². The Morgan fingerprint density at radius 3 is 2.76 bits per heavy atom. The summed E-state index contributed by atoms with van der Waals surface area (Å²) in [6, 6.07) is 6.67. The van der Waals surface area contributed by atoms with Gasteiger partial charge in [-0.1, -0.05) is 27.7 Å². The van der Waals surface area contributed by atoms with Crippen LogP contribution in [0.5, 0.6) is 0 Å². The number of hydrazone groups is 1. The Morgan fingerprint density at radius 2 is 2.10 bits per heavy atom. The normalized spacial score (nSPS) is 11.2. The Bertz CT molecular complexity index is 761. The lowest BCUT2D eigenvalue weighted by atomic mass is 10.1. The van der Waals surface area contributed by atoms with Crippen molar-refractivity contribution in [3.05, 3.63) is 44.7 Å². The molecule has 0 amide bonds. The third-order valence-electron chi connectivity index (χ3n) is 2.47. The monoisotopic (exact) mass is 435 g/mol. The van der Waals surface area contributed by atoms with Crippen LogP contribution < -0.4 is 17.2 Å². The smallest absolute Gasteiger partial charge is 0.347 e. The fourth-order valence-electron chi connectivity index (χ4n) is 1.54. The summed E-state index contributed by atoms with van der Waals surface area (Å²) in [6.07, 6.45) is 0. The van der Waals surface area contributed by atoms with Gasteiger partial charge in [-0.25, -0.2) is 4.79 Å². The van der Waals surface area contributed by atoms with Crippen LogP contribution in [0, 0.1) is 0 Å². The van der Waals surface area contributed by atoms with Crippen LogP contribution in [-0.2, 0) is 0 Å². The number of Topliss-reactive ketones (excluding diaryl/α,β-unsaturated/α-hetero) is 1. The molecule has 0 saturated heterocycles. The van der Waals surface area contributed by atoms with Crippen molar-refractivity contribution in [2.45, 2.75) is 0 Å². The molecule has 0 spiro atoms. The second-order valence-corrected chi connectivity index (χ2v) is 5.72. The molecular formula is C12H11Br2N3O3S. The predicted octanol–water partition coefficient (Wildman–Crippen LogP) is 2.24. The molecule has 1 heterocycles. The number of carbonyl (C=O) groups excluding carboxylic acids is 1. The van der Waals surface area contributed by atoms with Crippen LogP contribution in [-0.4, -0.2) is 16.7 Å². The van der Waals surface area contributed by atoms with Gasteiger partial charge in [0, 0.05) is 9.86 Å². The van der Waals surface area contributed by atoms with Gasteiger partial charge in [0.05, 0.1) is 5.75 Å².